The van der Waals surface area contributed by atoms with Crippen molar-refractivity contribution in [2.24, 2.45) is 0 Å². The molecule has 1 aromatic carbocycles. The lowest BCUT2D eigenvalue weighted by molar-refractivity contribution is 0.598. The van der Waals surface area contributed by atoms with Crippen LogP contribution in [0.1, 0.15) is 11.1 Å². The lowest BCUT2D eigenvalue weighted by Crippen LogP contribution is -2.11. The number of aryl methyl sites for hydroxylation is 1. The number of aromatic nitrogens is 1. The van der Waals surface area contributed by atoms with E-state index in [9.17, 15) is 8.42 Å². The topological polar surface area (TPSA) is 39.1 Å². The summed E-state index contributed by atoms with van der Waals surface area (Å²) in [5.74, 6) is 0. The Labute approximate surface area is 101 Å². The molecule has 0 radical (unpaired) electrons. The zero-order valence-corrected chi connectivity index (χ0v) is 10.3. The molecule has 0 spiro atoms. The van der Waals surface area contributed by atoms with E-state index in [0.29, 0.717) is 5.56 Å². The fourth-order valence-corrected chi connectivity index (χ4v) is 2.64. The fourth-order valence-electron chi connectivity index (χ4n) is 1.49. The highest BCUT2D eigenvalue weighted by Gasteiger charge is 2.18. The Kier molecular flexibility index (Phi) is 2.90. The van der Waals surface area contributed by atoms with Crippen LogP contribution in [-0.2, 0) is 10.0 Å². The maximum absolute atomic E-state index is 12.1. The Bertz CT molecular complexity index is 623. The third kappa shape index (κ3) is 2.17. The van der Waals surface area contributed by atoms with Crippen molar-refractivity contribution in [2.75, 3.05) is 0 Å². The van der Waals surface area contributed by atoms with E-state index in [1.54, 1.807) is 24.3 Å². The molecule has 0 amide bonds. The Hall–Kier alpha value is -1.81. The summed E-state index contributed by atoms with van der Waals surface area (Å²) in [5.41, 5.74) is 1.70. The number of nitrogens with zero attached hydrogens (tertiary/aromatic N) is 1. The molecule has 0 saturated carbocycles. The van der Waals surface area contributed by atoms with Crippen molar-refractivity contribution in [1.29, 1.82) is 0 Å². The van der Waals surface area contributed by atoms with Gasteiger partial charge in [0.15, 0.2) is 0 Å². The molecule has 0 atom stereocenters. The molecule has 0 aliphatic carbocycles. The molecule has 0 unspecified atom stereocenters. The molecule has 0 N–H and O–H groups in total. The van der Waals surface area contributed by atoms with Gasteiger partial charge in [-0.05, 0) is 24.6 Å². The van der Waals surface area contributed by atoms with Gasteiger partial charge in [0, 0.05) is 12.4 Å². The molecule has 17 heavy (non-hydrogen) atoms. The minimum Gasteiger partial charge on any atom is -0.249 e. The summed E-state index contributed by atoms with van der Waals surface area (Å²) in [4.78, 5) is 0.105. The van der Waals surface area contributed by atoms with Crippen LogP contribution in [0.5, 0.6) is 0 Å². The van der Waals surface area contributed by atoms with Gasteiger partial charge in [0.2, 0.25) is 0 Å². The molecule has 2 aromatic rings. The molecule has 3 nitrogen and oxygen atoms in total. The van der Waals surface area contributed by atoms with Crippen LogP contribution in [-0.4, -0.2) is 12.4 Å². The minimum atomic E-state index is -3.54. The Morgan fingerprint density at radius 2 is 1.65 bits per heavy atom. The summed E-state index contributed by atoms with van der Waals surface area (Å²) in [7, 11) is -3.54. The molecule has 88 valence electrons. The van der Waals surface area contributed by atoms with Crippen molar-refractivity contribution >= 4 is 14.9 Å². The van der Waals surface area contributed by atoms with Crippen molar-refractivity contribution in [3.63, 3.8) is 0 Å². The second-order valence-electron chi connectivity index (χ2n) is 3.81. The molecule has 0 fully saturated rings. The van der Waals surface area contributed by atoms with Crippen LogP contribution in [0, 0.1) is 6.92 Å². The van der Waals surface area contributed by atoms with Gasteiger partial charge in [0.25, 0.3) is 10.0 Å². The van der Waals surface area contributed by atoms with Crippen LogP contribution in [0.2, 0.25) is 0 Å². The predicted molar refractivity (Wildman–Crippen MR) is 69.0 cm³/mol. The Balaban J connectivity index is 2.42. The number of hydrogen-bond acceptors (Lipinski definition) is 2. The molecule has 4 heteroatoms. The smallest absolute Gasteiger partial charge is 0.249 e. The van der Waals surface area contributed by atoms with E-state index < -0.39 is 10.0 Å². The number of rotatable bonds is 3. The summed E-state index contributed by atoms with van der Waals surface area (Å²) in [6, 6.07) is 10.6. The number of benzene rings is 1. The molecule has 0 saturated heterocycles. The highest BCUT2D eigenvalue weighted by Crippen LogP contribution is 2.21. The van der Waals surface area contributed by atoms with E-state index in [1.807, 2.05) is 19.1 Å². The van der Waals surface area contributed by atoms with Gasteiger partial charge in [0.05, 0.1) is 4.91 Å². The lowest BCUT2D eigenvalue weighted by Gasteiger charge is -2.09. The molecule has 1 aromatic heterocycles. The van der Waals surface area contributed by atoms with Crippen molar-refractivity contribution in [3.8, 4) is 0 Å². The fraction of sp³-hybridized carbons (Fsp3) is 0.0769. The van der Waals surface area contributed by atoms with Crippen LogP contribution >= 0.6 is 0 Å². The maximum Gasteiger partial charge on any atom is 0.267 e. The van der Waals surface area contributed by atoms with Gasteiger partial charge in [-0.3, -0.25) is 0 Å². The summed E-state index contributed by atoms with van der Waals surface area (Å²) in [5, 5.41) is 0. The standard InChI is InChI=1S/C13H13NO2S/c1-11-5-7-13(8-6-11)12(2)17(15,16)14-9-3-4-10-14/h3-10H,2H2,1H3. The quantitative estimate of drug-likeness (QED) is 0.836. The molecule has 1 heterocycles. The Morgan fingerprint density at radius 3 is 2.18 bits per heavy atom. The van der Waals surface area contributed by atoms with E-state index in [1.165, 1.54) is 12.4 Å². The molecule has 2 rings (SSSR count). The second-order valence-corrected chi connectivity index (χ2v) is 5.67. The van der Waals surface area contributed by atoms with Crippen LogP contribution < -0.4 is 0 Å². The van der Waals surface area contributed by atoms with Crippen LogP contribution in [0.15, 0.2) is 55.4 Å². The maximum atomic E-state index is 12.1. The van der Waals surface area contributed by atoms with E-state index in [0.717, 1.165) is 9.54 Å². The van der Waals surface area contributed by atoms with Gasteiger partial charge in [0.1, 0.15) is 0 Å². The first-order valence-corrected chi connectivity index (χ1v) is 6.60. The Morgan fingerprint density at radius 1 is 1.12 bits per heavy atom. The zero-order chi connectivity index (χ0) is 12.5. The molecular formula is C13H13NO2S. The van der Waals surface area contributed by atoms with Crippen molar-refractivity contribution < 1.29 is 8.42 Å². The van der Waals surface area contributed by atoms with Crippen LogP contribution in [0.25, 0.3) is 4.91 Å². The summed E-state index contributed by atoms with van der Waals surface area (Å²) in [6.07, 6.45) is 2.99. The summed E-state index contributed by atoms with van der Waals surface area (Å²) >= 11 is 0. The molecule has 0 aliphatic heterocycles. The van der Waals surface area contributed by atoms with E-state index in [4.69, 9.17) is 0 Å². The van der Waals surface area contributed by atoms with E-state index >= 15 is 0 Å². The second kappa shape index (κ2) is 4.22. The van der Waals surface area contributed by atoms with Crippen LogP contribution in [0.4, 0.5) is 0 Å². The first-order chi connectivity index (χ1) is 8.01. The zero-order valence-electron chi connectivity index (χ0n) is 9.50. The highest BCUT2D eigenvalue weighted by atomic mass is 32.2. The minimum absolute atomic E-state index is 0.105. The third-order valence-corrected chi connectivity index (χ3v) is 4.20. The average molecular weight is 247 g/mol. The van der Waals surface area contributed by atoms with Gasteiger partial charge in [-0.15, -0.1) is 0 Å². The first-order valence-electron chi connectivity index (χ1n) is 5.16. The summed E-state index contributed by atoms with van der Waals surface area (Å²) < 4.78 is 25.4. The molecule has 0 aliphatic rings. The van der Waals surface area contributed by atoms with Crippen molar-refractivity contribution in [2.45, 2.75) is 6.92 Å². The first kappa shape index (κ1) is 11.7. The van der Waals surface area contributed by atoms with E-state index in [-0.39, 0.29) is 4.91 Å². The van der Waals surface area contributed by atoms with Gasteiger partial charge < -0.3 is 0 Å². The molecule has 0 bridgehead atoms. The predicted octanol–water partition coefficient (Wildman–Crippen LogP) is 2.65. The third-order valence-electron chi connectivity index (χ3n) is 2.54. The lowest BCUT2D eigenvalue weighted by atomic mass is 10.1. The van der Waals surface area contributed by atoms with Crippen molar-refractivity contribution in [1.82, 2.24) is 3.97 Å². The summed E-state index contributed by atoms with van der Waals surface area (Å²) in [6.45, 7) is 5.62. The largest absolute Gasteiger partial charge is 0.267 e. The number of hydrogen-bond donors (Lipinski definition) is 0. The van der Waals surface area contributed by atoms with Crippen LogP contribution in [0.3, 0.4) is 0 Å². The average Bonchev–Trinajstić information content (AvgIpc) is 2.83. The van der Waals surface area contributed by atoms with E-state index in [2.05, 4.69) is 6.58 Å². The van der Waals surface area contributed by atoms with Gasteiger partial charge >= 0.3 is 0 Å². The van der Waals surface area contributed by atoms with Gasteiger partial charge in [-0.1, -0.05) is 36.4 Å². The van der Waals surface area contributed by atoms with Gasteiger partial charge in [-0.2, -0.15) is 0 Å². The normalized spacial score (nSPS) is 11.4. The molecular weight excluding hydrogens is 234 g/mol. The van der Waals surface area contributed by atoms with Crippen molar-refractivity contribution in [3.05, 3.63) is 66.5 Å². The SMILES string of the molecule is C=C(c1ccc(C)cc1)S(=O)(=O)n1cccc1. The highest BCUT2D eigenvalue weighted by molar-refractivity contribution is 7.99. The van der Waals surface area contributed by atoms with Gasteiger partial charge in [-0.25, -0.2) is 12.4 Å². The monoisotopic (exact) mass is 247 g/mol.